The van der Waals surface area contributed by atoms with Crippen LogP contribution in [0.2, 0.25) is 5.02 Å². The number of nitriles is 1. The molecule has 5 aliphatic rings. The van der Waals surface area contributed by atoms with Crippen LogP contribution in [0.4, 0.5) is 11.6 Å². The molecule has 5 aliphatic heterocycles. The third kappa shape index (κ3) is 10.0. The van der Waals surface area contributed by atoms with Gasteiger partial charge < -0.3 is 24.2 Å². The number of aromatic nitrogens is 2. The molecule has 0 bridgehead atoms. The monoisotopic (exact) mass is 961 g/mol. The van der Waals surface area contributed by atoms with Gasteiger partial charge in [0.1, 0.15) is 31.1 Å². The number of piperidine rings is 3. The number of likely N-dealkylation sites (tertiary alicyclic amines) is 1. The highest BCUT2D eigenvalue weighted by molar-refractivity contribution is 6.32. The van der Waals surface area contributed by atoms with E-state index in [-0.39, 0.29) is 25.4 Å². The van der Waals surface area contributed by atoms with E-state index in [1.54, 1.807) is 12.1 Å². The standard InChI is InChI=1S/C51H57Cl2N9O6/c1-51(2,36-27-34(30-54)46(43(53)28-36)67-26-16-52)35-3-6-40(7-4-35)68-32-37-11-17-55-50(56-37)61-24-22-58(23-25-61)31-33-12-18-59(19-13-33)38-14-20-60(21-15-38)39-5-8-41-42(29-39)49(66)62(48(41)65)44-9-10-45(63)57-47(44)64/h3-8,11,17,27-29,33,38,44H,9-10,12-16,18-26,31-32H2,1-2H3,(H,57,63,64). The lowest BCUT2D eigenvalue weighted by molar-refractivity contribution is -0.136. The highest BCUT2D eigenvalue weighted by Gasteiger charge is 2.45. The number of anilines is 2. The van der Waals surface area contributed by atoms with Crippen LogP contribution in [-0.2, 0) is 21.6 Å². The van der Waals surface area contributed by atoms with Gasteiger partial charge in [0.15, 0.2) is 5.75 Å². The van der Waals surface area contributed by atoms with Crippen molar-refractivity contribution >= 4 is 58.5 Å². The minimum atomic E-state index is -0.965. The lowest BCUT2D eigenvalue weighted by atomic mass is 9.77. The van der Waals surface area contributed by atoms with E-state index in [4.69, 9.17) is 37.7 Å². The van der Waals surface area contributed by atoms with Crippen molar-refractivity contribution in [1.29, 1.82) is 5.26 Å². The molecule has 4 amide bonds. The lowest BCUT2D eigenvalue weighted by Crippen LogP contribution is -2.54. The third-order valence-electron chi connectivity index (χ3n) is 14.5. The number of fused-ring (bicyclic) bond motifs is 1. The number of hydrogen-bond acceptors (Lipinski definition) is 13. The van der Waals surface area contributed by atoms with Crippen LogP contribution < -0.4 is 24.6 Å². The molecule has 68 heavy (non-hydrogen) atoms. The van der Waals surface area contributed by atoms with Gasteiger partial charge >= 0.3 is 0 Å². The summed E-state index contributed by atoms with van der Waals surface area (Å²) in [5.74, 6) is 0.849. The Labute approximate surface area is 407 Å². The number of nitrogens with one attached hydrogen (secondary N) is 1. The number of piperazine rings is 1. The minimum absolute atomic E-state index is 0.0983. The first kappa shape index (κ1) is 47.3. The fourth-order valence-electron chi connectivity index (χ4n) is 10.4. The Balaban J connectivity index is 0.698. The van der Waals surface area contributed by atoms with Gasteiger partial charge in [-0.1, -0.05) is 37.6 Å². The maximum Gasteiger partial charge on any atom is 0.262 e. The van der Waals surface area contributed by atoms with Crippen molar-refractivity contribution in [1.82, 2.24) is 30.0 Å². The molecular weight excluding hydrogens is 906 g/mol. The summed E-state index contributed by atoms with van der Waals surface area (Å²) < 4.78 is 11.8. The highest BCUT2D eigenvalue weighted by Crippen LogP contribution is 2.39. The van der Waals surface area contributed by atoms with Gasteiger partial charge in [-0.25, -0.2) is 9.97 Å². The number of ether oxygens (including phenoxy) is 2. The predicted octanol–water partition coefficient (Wildman–Crippen LogP) is 6.43. The van der Waals surface area contributed by atoms with Crippen LogP contribution in [0.25, 0.3) is 0 Å². The van der Waals surface area contributed by atoms with Gasteiger partial charge in [-0.15, -0.1) is 11.6 Å². The second-order valence-corrected chi connectivity index (χ2v) is 19.7. The van der Waals surface area contributed by atoms with Gasteiger partial charge in [0.25, 0.3) is 11.8 Å². The normalized spacial score (nSPS) is 20.1. The van der Waals surface area contributed by atoms with Gasteiger partial charge in [-0.05, 0) is 111 Å². The largest absolute Gasteiger partial charge is 0.489 e. The summed E-state index contributed by atoms with van der Waals surface area (Å²) in [4.78, 5) is 71.1. The van der Waals surface area contributed by atoms with E-state index in [2.05, 4.69) is 49.8 Å². The summed E-state index contributed by atoms with van der Waals surface area (Å²) in [6, 6.07) is 20.7. The summed E-state index contributed by atoms with van der Waals surface area (Å²) in [5, 5.41) is 12.4. The van der Waals surface area contributed by atoms with E-state index < -0.39 is 29.2 Å². The zero-order valence-electron chi connectivity index (χ0n) is 38.6. The smallest absolute Gasteiger partial charge is 0.262 e. The highest BCUT2D eigenvalue weighted by atomic mass is 35.5. The number of carbonyl (C=O) groups is 4. The average Bonchev–Trinajstić information content (AvgIpc) is 3.60. The van der Waals surface area contributed by atoms with Crippen molar-refractivity contribution in [2.75, 3.05) is 81.2 Å². The Bertz CT molecular complexity index is 2580. The third-order valence-corrected chi connectivity index (χ3v) is 14.9. The molecule has 4 aromatic rings. The Hall–Kier alpha value is -5.79. The molecule has 17 heteroatoms. The molecule has 15 nitrogen and oxygen atoms in total. The number of amides is 4. The van der Waals surface area contributed by atoms with Crippen LogP contribution in [0.1, 0.15) is 95.5 Å². The Kier molecular flexibility index (Phi) is 14.2. The molecule has 4 fully saturated rings. The van der Waals surface area contributed by atoms with Crippen molar-refractivity contribution < 1.29 is 28.7 Å². The molecule has 0 saturated carbocycles. The number of nitrogens with zero attached hydrogens (tertiary/aromatic N) is 8. The second kappa shape index (κ2) is 20.4. The summed E-state index contributed by atoms with van der Waals surface area (Å²) in [6.45, 7) is 13.5. The van der Waals surface area contributed by atoms with E-state index >= 15 is 0 Å². The number of hydrogen-bond donors (Lipinski definition) is 1. The molecule has 4 saturated heterocycles. The molecular formula is C51H57Cl2N9O6. The van der Waals surface area contributed by atoms with Gasteiger partial charge in [0.2, 0.25) is 17.8 Å². The number of imide groups is 2. The number of alkyl halides is 1. The van der Waals surface area contributed by atoms with Gasteiger partial charge in [0.05, 0.1) is 33.3 Å². The maximum atomic E-state index is 13.4. The van der Waals surface area contributed by atoms with Gasteiger partial charge in [0, 0.05) is 75.6 Å². The summed E-state index contributed by atoms with van der Waals surface area (Å²) in [5.41, 5.74) is 4.23. The number of rotatable bonds is 14. The van der Waals surface area contributed by atoms with Crippen molar-refractivity contribution in [3.63, 3.8) is 0 Å². The van der Waals surface area contributed by atoms with E-state index in [1.807, 2.05) is 54.7 Å². The molecule has 356 valence electrons. The lowest BCUT2D eigenvalue weighted by Gasteiger charge is -2.43. The van der Waals surface area contributed by atoms with Crippen molar-refractivity contribution in [2.24, 2.45) is 5.92 Å². The Morgan fingerprint density at radius 2 is 1.54 bits per heavy atom. The molecule has 3 aromatic carbocycles. The number of halogens is 2. The molecule has 1 aromatic heterocycles. The second-order valence-electron chi connectivity index (χ2n) is 18.9. The van der Waals surface area contributed by atoms with Gasteiger partial charge in [-0.3, -0.25) is 34.3 Å². The fraction of sp³-hybridized carbons (Fsp3) is 0.471. The molecule has 1 N–H and O–H groups in total. The van der Waals surface area contributed by atoms with Crippen LogP contribution in [0.15, 0.2) is 66.9 Å². The topological polar surface area (TPSA) is 165 Å². The van der Waals surface area contributed by atoms with Crippen LogP contribution in [-0.4, -0.2) is 132 Å². The molecule has 6 heterocycles. The molecule has 0 radical (unpaired) electrons. The summed E-state index contributed by atoms with van der Waals surface area (Å²) in [7, 11) is 0. The zero-order valence-corrected chi connectivity index (χ0v) is 40.1. The van der Waals surface area contributed by atoms with Crippen molar-refractivity contribution in [2.45, 2.75) is 76.5 Å². The summed E-state index contributed by atoms with van der Waals surface area (Å²) >= 11 is 12.4. The first-order valence-corrected chi connectivity index (χ1v) is 24.6. The Morgan fingerprint density at radius 1 is 0.809 bits per heavy atom. The zero-order chi connectivity index (χ0) is 47.5. The van der Waals surface area contributed by atoms with Crippen LogP contribution in [0, 0.1) is 17.2 Å². The predicted molar refractivity (Wildman–Crippen MR) is 259 cm³/mol. The van der Waals surface area contributed by atoms with Crippen molar-refractivity contribution in [3.05, 3.63) is 105 Å². The Morgan fingerprint density at radius 3 is 2.25 bits per heavy atom. The first-order chi connectivity index (χ1) is 32.9. The van der Waals surface area contributed by atoms with Crippen LogP contribution in [0.3, 0.4) is 0 Å². The van der Waals surface area contributed by atoms with Crippen LogP contribution >= 0.6 is 23.2 Å². The molecule has 0 spiro atoms. The van der Waals surface area contributed by atoms with Crippen LogP contribution in [0.5, 0.6) is 11.5 Å². The minimum Gasteiger partial charge on any atom is -0.489 e. The van der Waals surface area contributed by atoms with E-state index in [0.29, 0.717) is 51.9 Å². The maximum absolute atomic E-state index is 13.4. The van der Waals surface area contributed by atoms with E-state index in [9.17, 15) is 24.4 Å². The first-order valence-electron chi connectivity index (χ1n) is 23.7. The molecule has 1 atom stereocenters. The van der Waals surface area contributed by atoms with Crippen molar-refractivity contribution in [3.8, 4) is 17.6 Å². The molecule has 1 unspecified atom stereocenters. The molecule has 9 rings (SSSR count). The number of carbonyl (C=O) groups excluding carboxylic acids is 4. The van der Waals surface area contributed by atoms with Gasteiger partial charge in [-0.2, -0.15) is 5.26 Å². The SMILES string of the molecule is CC(C)(c1ccc(OCc2ccnc(N3CCN(CC4CCN(C5CCN(c6ccc7c(c6)C(=O)N(C6CCC(=O)NC6=O)C7=O)CC5)CC4)CC3)n2)cc1)c1cc(Cl)c(OCCCl)c(C#N)c1. The van der Waals surface area contributed by atoms with E-state index in [0.717, 1.165) is 111 Å². The molecule has 0 aliphatic carbocycles. The number of benzene rings is 3. The fourth-order valence-corrected chi connectivity index (χ4v) is 10.7. The average molecular weight is 963 g/mol. The quantitative estimate of drug-likeness (QED) is 0.109. The summed E-state index contributed by atoms with van der Waals surface area (Å²) in [6.07, 6.45) is 6.49. The van der Waals surface area contributed by atoms with E-state index in [1.165, 1.54) is 12.8 Å².